The van der Waals surface area contributed by atoms with Gasteiger partial charge in [-0.25, -0.2) is 0 Å². The summed E-state index contributed by atoms with van der Waals surface area (Å²) in [5.74, 6) is -2.00. The van der Waals surface area contributed by atoms with Gasteiger partial charge in [-0.05, 0) is 60.9 Å². The summed E-state index contributed by atoms with van der Waals surface area (Å²) in [6, 6.07) is 14.0. The van der Waals surface area contributed by atoms with Crippen LogP contribution in [0.25, 0.3) is 0 Å². The van der Waals surface area contributed by atoms with Gasteiger partial charge < -0.3 is 10.2 Å². The zero-order valence-corrected chi connectivity index (χ0v) is 14.7. The molecule has 1 aliphatic rings. The fourth-order valence-corrected chi connectivity index (χ4v) is 3.42. The fourth-order valence-electron chi connectivity index (χ4n) is 2.92. The number of hydrogen-bond acceptors (Lipinski definition) is 3. The van der Waals surface area contributed by atoms with Crippen LogP contribution in [0.3, 0.4) is 0 Å². The highest BCUT2D eigenvalue weighted by molar-refractivity contribution is 7.99. The number of halogens is 2. The highest BCUT2D eigenvalue weighted by atomic mass is 32.2. The molecular weight excluding hydrogens is 342 g/mol. The van der Waals surface area contributed by atoms with Crippen molar-refractivity contribution >= 4 is 29.0 Å². The van der Waals surface area contributed by atoms with Crippen molar-refractivity contribution in [3.8, 4) is 0 Å². The van der Waals surface area contributed by atoms with E-state index >= 15 is 0 Å². The first-order valence-electron chi connectivity index (χ1n) is 8.22. The van der Waals surface area contributed by atoms with Gasteiger partial charge in [0.05, 0.1) is 0 Å². The standard InChI is InChI=1S/C19H20F2N2OS/c1-13-10-11-23(12-13)16-6-4-15(5-7-16)22-18(24)14-2-8-17(9-3-14)25-19(20)21/h2-9,13,19H,10-12H2,1H3,(H,22,24). The van der Waals surface area contributed by atoms with Gasteiger partial charge in [0.1, 0.15) is 0 Å². The van der Waals surface area contributed by atoms with Gasteiger partial charge in [0, 0.05) is 34.9 Å². The molecule has 25 heavy (non-hydrogen) atoms. The molecule has 1 amide bonds. The van der Waals surface area contributed by atoms with Gasteiger partial charge in [0.15, 0.2) is 0 Å². The maximum Gasteiger partial charge on any atom is 0.288 e. The van der Waals surface area contributed by atoms with Gasteiger partial charge in [-0.3, -0.25) is 4.79 Å². The van der Waals surface area contributed by atoms with Crippen LogP contribution in [0.4, 0.5) is 20.2 Å². The SMILES string of the molecule is CC1CCN(c2ccc(NC(=O)c3ccc(SC(F)F)cc3)cc2)C1. The topological polar surface area (TPSA) is 32.3 Å². The number of nitrogens with one attached hydrogen (secondary N) is 1. The summed E-state index contributed by atoms with van der Waals surface area (Å²) >= 11 is 0.467. The van der Waals surface area contributed by atoms with E-state index in [0.717, 1.165) is 18.8 Å². The summed E-state index contributed by atoms with van der Waals surface area (Å²) in [6.07, 6.45) is 1.21. The van der Waals surface area contributed by atoms with Crippen molar-refractivity contribution in [1.29, 1.82) is 0 Å². The van der Waals surface area contributed by atoms with Gasteiger partial charge in [-0.15, -0.1) is 0 Å². The number of amides is 1. The Bertz CT molecular complexity index is 719. The molecule has 132 valence electrons. The maximum atomic E-state index is 12.3. The van der Waals surface area contributed by atoms with E-state index in [1.54, 1.807) is 12.1 Å². The molecular formula is C19H20F2N2OS. The molecule has 2 aromatic carbocycles. The van der Waals surface area contributed by atoms with Crippen LogP contribution in [0.5, 0.6) is 0 Å². The minimum atomic E-state index is -2.46. The zero-order valence-electron chi connectivity index (χ0n) is 13.9. The molecule has 1 atom stereocenters. The quantitative estimate of drug-likeness (QED) is 0.751. The van der Waals surface area contributed by atoms with Crippen LogP contribution in [0.1, 0.15) is 23.7 Å². The summed E-state index contributed by atoms with van der Waals surface area (Å²) in [5.41, 5.74) is 2.32. The minimum Gasteiger partial charge on any atom is -0.371 e. The molecule has 2 aromatic rings. The summed E-state index contributed by atoms with van der Waals surface area (Å²) in [4.78, 5) is 15.0. The van der Waals surface area contributed by atoms with Crippen LogP contribution in [-0.2, 0) is 0 Å². The zero-order chi connectivity index (χ0) is 17.8. The number of benzene rings is 2. The normalized spacial score (nSPS) is 17.1. The summed E-state index contributed by atoms with van der Waals surface area (Å²) in [7, 11) is 0. The Kier molecular flexibility index (Phi) is 5.58. The first-order valence-corrected chi connectivity index (χ1v) is 9.10. The third kappa shape index (κ3) is 4.72. The highest BCUT2D eigenvalue weighted by Gasteiger charge is 2.18. The van der Waals surface area contributed by atoms with Crippen LogP contribution in [0, 0.1) is 5.92 Å². The van der Waals surface area contributed by atoms with Crippen molar-refractivity contribution in [2.75, 3.05) is 23.3 Å². The van der Waals surface area contributed by atoms with Gasteiger partial charge in [-0.2, -0.15) is 8.78 Å². The Morgan fingerprint density at radius 3 is 2.40 bits per heavy atom. The molecule has 1 fully saturated rings. The molecule has 0 radical (unpaired) electrons. The van der Waals surface area contributed by atoms with Gasteiger partial charge in [0.2, 0.25) is 0 Å². The fraction of sp³-hybridized carbons (Fsp3) is 0.316. The van der Waals surface area contributed by atoms with Crippen molar-refractivity contribution in [2.45, 2.75) is 24.0 Å². The number of rotatable bonds is 5. The number of carbonyl (C=O) groups is 1. The van der Waals surface area contributed by atoms with Gasteiger partial charge >= 0.3 is 0 Å². The van der Waals surface area contributed by atoms with Crippen molar-refractivity contribution < 1.29 is 13.6 Å². The second-order valence-corrected chi connectivity index (χ2v) is 7.31. The number of carbonyl (C=O) groups excluding carboxylic acids is 1. The Hall–Kier alpha value is -2.08. The van der Waals surface area contributed by atoms with E-state index in [1.807, 2.05) is 24.3 Å². The number of anilines is 2. The third-order valence-electron chi connectivity index (χ3n) is 4.26. The maximum absolute atomic E-state index is 12.3. The summed E-state index contributed by atoms with van der Waals surface area (Å²) in [5, 5.41) is 2.83. The molecule has 3 rings (SSSR count). The predicted octanol–water partition coefficient (Wildman–Crippen LogP) is 5.10. The molecule has 0 aliphatic carbocycles. The number of thioether (sulfide) groups is 1. The lowest BCUT2D eigenvalue weighted by molar-refractivity contribution is 0.102. The van der Waals surface area contributed by atoms with E-state index < -0.39 is 5.76 Å². The molecule has 1 N–H and O–H groups in total. The Balaban J connectivity index is 1.60. The van der Waals surface area contributed by atoms with Crippen molar-refractivity contribution in [3.63, 3.8) is 0 Å². The predicted molar refractivity (Wildman–Crippen MR) is 98.7 cm³/mol. The largest absolute Gasteiger partial charge is 0.371 e. The van der Waals surface area contributed by atoms with E-state index in [0.29, 0.717) is 33.8 Å². The minimum absolute atomic E-state index is 0.254. The van der Waals surface area contributed by atoms with E-state index in [9.17, 15) is 13.6 Å². The van der Waals surface area contributed by atoms with Crippen LogP contribution in [-0.4, -0.2) is 24.8 Å². The molecule has 0 saturated carbocycles. The van der Waals surface area contributed by atoms with Crippen LogP contribution < -0.4 is 10.2 Å². The molecule has 1 saturated heterocycles. The Morgan fingerprint density at radius 1 is 1.16 bits per heavy atom. The molecule has 0 aromatic heterocycles. The highest BCUT2D eigenvalue weighted by Crippen LogP contribution is 2.26. The van der Waals surface area contributed by atoms with E-state index in [1.165, 1.54) is 18.6 Å². The first-order chi connectivity index (χ1) is 12.0. The third-order valence-corrected chi connectivity index (χ3v) is 4.98. The van der Waals surface area contributed by atoms with E-state index in [2.05, 4.69) is 17.1 Å². The molecule has 1 unspecified atom stereocenters. The second kappa shape index (κ2) is 7.87. The molecule has 6 heteroatoms. The summed E-state index contributed by atoms with van der Waals surface area (Å²) < 4.78 is 24.6. The van der Waals surface area contributed by atoms with Crippen molar-refractivity contribution in [1.82, 2.24) is 0 Å². The van der Waals surface area contributed by atoms with Crippen LogP contribution in [0.2, 0.25) is 0 Å². The lowest BCUT2D eigenvalue weighted by atomic mass is 10.2. The number of hydrogen-bond donors (Lipinski definition) is 1. The number of alkyl halides is 2. The average Bonchev–Trinajstić information content (AvgIpc) is 3.02. The first kappa shape index (κ1) is 17.7. The van der Waals surface area contributed by atoms with Crippen LogP contribution in [0.15, 0.2) is 53.4 Å². The molecule has 1 aliphatic heterocycles. The van der Waals surface area contributed by atoms with Crippen LogP contribution >= 0.6 is 11.8 Å². The van der Waals surface area contributed by atoms with E-state index in [-0.39, 0.29) is 5.91 Å². The molecule has 0 bridgehead atoms. The lowest BCUT2D eigenvalue weighted by Gasteiger charge is -2.18. The molecule has 3 nitrogen and oxygen atoms in total. The number of nitrogens with zero attached hydrogens (tertiary/aromatic N) is 1. The molecule has 1 heterocycles. The smallest absolute Gasteiger partial charge is 0.288 e. The lowest BCUT2D eigenvalue weighted by Crippen LogP contribution is -2.19. The monoisotopic (exact) mass is 362 g/mol. The van der Waals surface area contributed by atoms with Crippen molar-refractivity contribution in [2.24, 2.45) is 5.92 Å². The second-order valence-electron chi connectivity index (χ2n) is 6.24. The Labute approximate surface area is 150 Å². The van der Waals surface area contributed by atoms with Gasteiger partial charge in [0.25, 0.3) is 11.7 Å². The van der Waals surface area contributed by atoms with Crippen molar-refractivity contribution in [3.05, 3.63) is 54.1 Å². The molecule has 0 spiro atoms. The van der Waals surface area contributed by atoms with Gasteiger partial charge in [-0.1, -0.05) is 18.7 Å². The average molecular weight is 362 g/mol. The summed E-state index contributed by atoms with van der Waals surface area (Å²) in [6.45, 7) is 4.38. The van der Waals surface area contributed by atoms with E-state index in [4.69, 9.17) is 0 Å². The Morgan fingerprint density at radius 2 is 1.84 bits per heavy atom.